The Labute approximate surface area is 122 Å². The Morgan fingerprint density at radius 3 is 2.30 bits per heavy atom. The fraction of sp³-hybridized carbons (Fsp3) is 0.938. The minimum absolute atomic E-state index is 0.341. The molecule has 0 aromatic heterocycles. The number of amides is 2. The van der Waals surface area contributed by atoms with Crippen molar-refractivity contribution in [2.24, 2.45) is 5.92 Å². The van der Waals surface area contributed by atoms with E-state index in [-0.39, 0.29) is 0 Å². The molecule has 3 heterocycles. The number of carbonyl (C=O) groups excluding carboxylic acids is 1. The van der Waals surface area contributed by atoms with Gasteiger partial charge in [0.25, 0.3) is 0 Å². The standard InChI is InChI=1S/C16H29N3O/c20-16(18-11-4-5-12-18)19-13-3-1-2-6-15(19)14-7-9-17-10-8-14/h14-15,17H,1-13H2. The molecule has 3 aliphatic heterocycles. The molecule has 0 aromatic carbocycles. The van der Waals surface area contributed by atoms with Crippen LogP contribution in [0.15, 0.2) is 0 Å². The maximum Gasteiger partial charge on any atom is 0.320 e. The van der Waals surface area contributed by atoms with Crippen LogP contribution in [-0.4, -0.2) is 54.6 Å². The van der Waals surface area contributed by atoms with Gasteiger partial charge in [0.2, 0.25) is 0 Å². The maximum absolute atomic E-state index is 12.8. The molecule has 0 saturated carbocycles. The molecule has 0 radical (unpaired) electrons. The summed E-state index contributed by atoms with van der Waals surface area (Å²) in [5.41, 5.74) is 0. The van der Waals surface area contributed by atoms with Gasteiger partial charge in [0, 0.05) is 25.7 Å². The normalized spacial score (nSPS) is 29.5. The van der Waals surface area contributed by atoms with E-state index >= 15 is 0 Å². The molecule has 3 aliphatic rings. The largest absolute Gasteiger partial charge is 0.325 e. The summed E-state index contributed by atoms with van der Waals surface area (Å²) in [6.45, 7) is 5.21. The lowest BCUT2D eigenvalue weighted by Gasteiger charge is -2.39. The molecule has 3 saturated heterocycles. The third-order valence-corrected chi connectivity index (χ3v) is 5.35. The van der Waals surface area contributed by atoms with E-state index in [2.05, 4.69) is 15.1 Å². The Kier molecular flexibility index (Phi) is 4.81. The van der Waals surface area contributed by atoms with Crippen LogP contribution in [-0.2, 0) is 0 Å². The van der Waals surface area contributed by atoms with Crippen molar-refractivity contribution in [2.45, 2.75) is 57.4 Å². The van der Waals surface area contributed by atoms with Gasteiger partial charge in [-0.15, -0.1) is 0 Å². The molecule has 3 rings (SSSR count). The third-order valence-electron chi connectivity index (χ3n) is 5.35. The Hall–Kier alpha value is -0.770. The zero-order valence-electron chi connectivity index (χ0n) is 12.6. The summed E-state index contributed by atoms with van der Waals surface area (Å²) in [5, 5.41) is 3.45. The number of hydrogen-bond acceptors (Lipinski definition) is 2. The number of likely N-dealkylation sites (tertiary alicyclic amines) is 2. The molecule has 20 heavy (non-hydrogen) atoms. The zero-order valence-corrected chi connectivity index (χ0v) is 12.6. The summed E-state index contributed by atoms with van der Waals surface area (Å²) in [7, 11) is 0. The summed E-state index contributed by atoms with van der Waals surface area (Å²) in [4.78, 5) is 17.2. The highest BCUT2D eigenvalue weighted by Crippen LogP contribution is 2.29. The van der Waals surface area contributed by atoms with Crippen molar-refractivity contribution in [1.82, 2.24) is 15.1 Å². The van der Waals surface area contributed by atoms with Crippen LogP contribution in [0.2, 0.25) is 0 Å². The van der Waals surface area contributed by atoms with Gasteiger partial charge in [-0.3, -0.25) is 0 Å². The first-order valence-corrected chi connectivity index (χ1v) is 8.62. The Morgan fingerprint density at radius 2 is 1.55 bits per heavy atom. The van der Waals surface area contributed by atoms with Crippen LogP contribution < -0.4 is 5.32 Å². The van der Waals surface area contributed by atoms with Crippen LogP contribution in [0.25, 0.3) is 0 Å². The number of piperidine rings is 1. The fourth-order valence-corrected chi connectivity index (χ4v) is 4.18. The van der Waals surface area contributed by atoms with Gasteiger partial charge in [0.05, 0.1) is 0 Å². The van der Waals surface area contributed by atoms with Crippen molar-refractivity contribution >= 4 is 6.03 Å². The maximum atomic E-state index is 12.8. The van der Waals surface area contributed by atoms with Gasteiger partial charge in [-0.2, -0.15) is 0 Å². The van der Waals surface area contributed by atoms with E-state index in [1.54, 1.807) is 0 Å². The average molecular weight is 279 g/mol. The van der Waals surface area contributed by atoms with Crippen LogP contribution >= 0.6 is 0 Å². The molecular weight excluding hydrogens is 250 g/mol. The summed E-state index contributed by atoms with van der Waals surface area (Å²) >= 11 is 0. The van der Waals surface area contributed by atoms with E-state index in [0.717, 1.165) is 38.6 Å². The van der Waals surface area contributed by atoms with Gasteiger partial charge >= 0.3 is 6.03 Å². The van der Waals surface area contributed by atoms with Crippen molar-refractivity contribution in [3.63, 3.8) is 0 Å². The highest BCUT2D eigenvalue weighted by Gasteiger charge is 2.34. The predicted molar refractivity (Wildman–Crippen MR) is 80.8 cm³/mol. The van der Waals surface area contributed by atoms with E-state index in [4.69, 9.17) is 0 Å². The molecule has 3 fully saturated rings. The second-order valence-corrected chi connectivity index (χ2v) is 6.67. The van der Waals surface area contributed by atoms with Gasteiger partial charge in [-0.25, -0.2) is 4.79 Å². The van der Waals surface area contributed by atoms with Gasteiger partial charge in [0.1, 0.15) is 0 Å². The fourth-order valence-electron chi connectivity index (χ4n) is 4.18. The van der Waals surface area contributed by atoms with Crippen LogP contribution in [0.4, 0.5) is 4.79 Å². The van der Waals surface area contributed by atoms with Crippen molar-refractivity contribution in [3.05, 3.63) is 0 Å². The van der Waals surface area contributed by atoms with E-state index in [1.807, 2.05) is 0 Å². The lowest BCUT2D eigenvalue weighted by atomic mass is 9.87. The number of nitrogens with zero attached hydrogens (tertiary/aromatic N) is 2. The predicted octanol–water partition coefficient (Wildman–Crippen LogP) is 2.45. The van der Waals surface area contributed by atoms with Gasteiger partial charge in [-0.05, 0) is 57.5 Å². The van der Waals surface area contributed by atoms with Gasteiger partial charge in [-0.1, -0.05) is 12.8 Å². The molecule has 2 amide bonds. The Balaban J connectivity index is 1.70. The van der Waals surface area contributed by atoms with Crippen molar-refractivity contribution in [2.75, 3.05) is 32.7 Å². The van der Waals surface area contributed by atoms with Crippen molar-refractivity contribution in [3.8, 4) is 0 Å². The molecule has 1 N–H and O–H groups in total. The first kappa shape index (κ1) is 14.2. The average Bonchev–Trinajstić information content (AvgIpc) is 2.92. The first-order valence-electron chi connectivity index (χ1n) is 8.62. The molecule has 1 unspecified atom stereocenters. The van der Waals surface area contributed by atoms with Crippen molar-refractivity contribution < 1.29 is 4.79 Å². The first-order chi connectivity index (χ1) is 9.86. The number of urea groups is 1. The molecule has 0 bridgehead atoms. The smallest absolute Gasteiger partial charge is 0.320 e. The van der Waals surface area contributed by atoms with Crippen LogP contribution in [0.1, 0.15) is 51.4 Å². The van der Waals surface area contributed by atoms with E-state index in [1.165, 1.54) is 51.4 Å². The summed E-state index contributed by atoms with van der Waals surface area (Å²) in [5.74, 6) is 0.723. The third kappa shape index (κ3) is 3.11. The zero-order chi connectivity index (χ0) is 13.8. The van der Waals surface area contributed by atoms with Crippen LogP contribution in [0.5, 0.6) is 0 Å². The highest BCUT2D eigenvalue weighted by molar-refractivity contribution is 5.75. The van der Waals surface area contributed by atoms with Crippen LogP contribution in [0.3, 0.4) is 0 Å². The van der Waals surface area contributed by atoms with Gasteiger partial charge in [0.15, 0.2) is 0 Å². The second-order valence-electron chi connectivity index (χ2n) is 6.67. The lowest BCUT2D eigenvalue weighted by Crippen LogP contribution is -2.51. The molecule has 1 atom stereocenters. The summed E-state index contributed by atoms with van der Waals surface area (Å²) in [6.07, 6.45) is 9.90. The second kappa shape index (κ2) is 6.79. The van der Waals surface area contributed by atoms with Crippen molar-refractivity contribution in [1.29, 1.82) is 0 Å². The minimum atomic E-state index is 0.341. The molecular formula is C16H29N3O. The Bertz CT molecular complexity index is 322. The molecule has 0 aromatic rings. The van der Waals surface area contributed by atoms with E-state index in [0.29, 0.717) is 12.1 Å². The van der Waals surface area contributed by atoms with Gasteiger partial charge < -0.3 is 15.1 Å². The molecule has 0 spiro atoms. The Morgan fingerprint density at radius 1 is 0.850 bits per heavy atom. The SMILES string of the molecule is O=C(N1CCCC1)N1CCCCCC1C1CCNCC1. The molecule has 4 heteroatoms. The number of hydrogen-bond donors (Lipinski definition) is 1. The van der Waals surface area contributed by atoms with Crippen LogP contribution in [0, 0.1) is 5.92 Å². The topological polar surface area (TPSA) is 35.6 Å². The lowest BCUT2D eigenvalue weighted by molar-refractivity contribution is 0.110. The minimum Gasteiger partial charge on any atom is -0.325 e. The summed E-state index contributed by atoms with van der Waals surface area (Å²) < 4.78 is 0. The summed E-state index contributed by atoms with van der Waals surface area (Å²) in [6, 6.07) is 0.848. The number of rotatable bonds is 1. The highest BCUT2D eigenvalue weighted by atomic mass is 16.2. The number of nitrogens with one attached hydrogen (secondary N) is 1. The monoisotopic (exact) mass is 279 g/mol. The number of carbonyl (C=O) groups is 1. The quantitative estimate of drug-likeness (QED) is 0.800. The van der Waals surface area contributed by atoms with E-state index in [9.17, 15) is 4.79 Å². The molecule has 4 nitrogen and oxygen atoms in total. The molecule has 0 aliphatic carbocycles. The van der Waals surface area contributed by atoms with E-state index < -0.39 is 0 Å². The molecule has 114 valence electrons.